The fourth-order valence-corrected chi connectivity index (χ4v) is 1.26. The number of halogens is 4. The minimum atomic E-state index is -4.69. The third-order valence-corrected chi connectivity index (χ3v) is 2.10. The molecule has 0 aliphatic heterocycles. The van der Waals surface area contributed by atoms with E-state index in [4.69, 9.17) is 10.8 Å². The second-order valence-corrected chi connectivity index (χ2v) is 3.43. The van der Waals surface area contributed by atoms with Gasteiger partial charge < -0.3 is 10.8 Å². The van der Waals surface area contributed by atoms with Crippen molar-refractivity contribution in [2.45, 2.75) is 25.2 Å². The Labute approximate surface area is 97.7 Å². The van der Waals surface area contributed by atoms with E-state index < -0.39 is 18.3 Å². The lowest BCUT2D eigenvalue weighted by atomic mass is 10.0. The molecule has 0 spiro atoms. The summed E-state index contributed by atoms with van der Waals surface area (Å²) in [6.07, 6.45) is -7.22. The Morgan fingerprint density at radius 2 is 1.88 bits per heavy atom. The minimum Gasteiger partial charge on any atom is -0.382 e. The topological polar surface area (TPSA) is 46.2 Å². The van der Waals surface area contributed by atoms with Crippen molar-refractivity contribution in [2.24, 2.45) is 5.73 Å². The number of hydrogen-bond donors (Lipinski definition) is 2. The summed E-state index contributed by atoms with van der Waals surface area (Å²) in [5.41, 5.74) is 6.40. The maximum Gasteiger partial charge on any atom is 0.416 e. The standard InChI is InChI=1S/C10H12F3NO.ClH/c1-6-3-2-4-7(5-6)8(14)9(15)10(11,12)13;/h2-5,8-9,15H,14H2,1H3;1H/t8-,9-;/m1./s1. The fraction of sp³-hybridized carbons (Fsp3) is 0.400. The average molecular weight is 256 g/mol. The molecule has 6 heteroatoms. The zero-order valence-electron chi connectivity index (χ0n) is 8.53. The molecule has 16 heavy (non-hydrogen) atoms. The summed E-state index contributed by atoms with van der Waals surface area (Å²) in [6, 6.07) is 4.90. The highest BCUT2D eigenvalue weighted by Crippen LogP contribution is 2.28. The van der Waals surface area contributed by atoms with Crippen molar-refractivity contribution in [3.63, 3.8) is 0 Å². The molecule has 2 atom stereocenters. The van der Waals surface area contributed by atoms with Crippen molar-refractivity contribution < 1.29 is 18.3 Å². The Hall–Kier alpha value is -0.780. The largest absolute Gasteiger partial charge is 0.416 e. The van der Waals surface area contributed by atoms with Gasteiger partial charge in [0.05, 0.1) is 6.04 Å². The summed E-state index contributed by atoms with van der Waals surface area (Å²) < 4.78 is 36.5. The molecule has 0 aromatic heterocycles. The quantitative estimate of drug-likeness (QED) is 0.852. The molecule has 0 unspecified atom stereocenters. The highest BCUT2D eigenvalue weighted by molar-refractivity contribution is 5.85. The number of nitrogens with two attached hydrogens (primary N) is 1. The van der Waals surface area contributed by atoms with E-state index in [-0.39, 0.29) is 18.0 Å². The first kappa shape index (κ1) is 15.2. The van der Waals surface area contributed by atoms with E-state index in [2.05, 4.69) is 0 Å². The lowest BCUT2D eigenvalue weighted by Crippen LogP contribution is -2.38. The summed E-state index contributed by atoms with van der Waals surface area (Å²) in [5.74, 6) is 0. The Morgan fingerprint density at radius 1 is 1.31 bits per heavy atom. The molecular weight excluding hydrogens is 243 g/mol. The average Bonchev–Trinajstić information content (AvgIpc) is 2.14. The van der Waals surface area contributed by atoms with Crippen molar-refractivity contribution in [1.82, 2.24) is 0 Å². The van der Waals surface area contributed by atoms with Crippen molar-refractivity contribution in [3.8, 4) is 0 Å². The monoisotopic (exact) mass is 255 g/mol. The molecule has 1 aromatic carbocycles. The Balaban J connectivity index is 0.00000225. The van der Waals surface area contributed by atoms with Crippen LogP contribution in [-0.2, 0) is 0 Å². The smallest absolute Gasteiger partial charge is 0.382 e. The second kappa shape index (κ2) is 5.52. The Bertz CT molecular complexity index is 343. The number of aliphatic hydroxyl groups excluding tert-OH is 1. The zero-order chi connectivity index (χ0) is 11.6. The first-order valence-corrected chi connectivity index (χ1v) is 4.39. The molecule has 0 amide bonds. The van der Waals surface area contributed by atoms with Gasteiger partial charge in [-0.1, -0.05) is 29.8 Å². The van der Waals surface area contributed by atoms with Gasteiger partial charge in [-0.2, -0.15) is 13.2 Å². The van der Waals surface area contributed by atoms with Gasteiger partial charge in [0.25, 0.3) is 0 Å². The number of aliphatic hydroxyl groups is 1. The molecular formula is C10H13ClF3NO. The summed E-state index contributed by atoms with van der Waals surface area (Å²) in [6.45, 7) is 1.75. The van der Waals surface area contributed by atoms with Crippen LogP contribution in [-0.4, -0.2) is 17.4 Å². The summed E-state index contributed by atoms with van der Waals surface area (Å²) >= 11 is 0. The highest BCUT2D eigenvalue weighted by Gasteiger charge is 2.42. The summed E-state index contributed by atoms with van der Waals surface area (Å²) in [7, 11) is 0. The van der Waals surface area contributed by atoms with Crippen molar-refractivity contribution in [1.29, 1.82) is 0 Å². The molecule has 0 saturated heterocycles. The van der Waals surface area contributed by atoms with Crippen LogP contribution >= 0.6 is 12.4 Å². The second-order valence-electron chi connectivity index (χ2n) is 3.43. The van der Waals surface area contributed by atoms with Crippen LogP contribution in [0.25, 0.3) is 0 Å². The first-order chi connectivity index (χ1) is 6.82. The van der Waals surface area contributed by atoms with Crippen LogP contribution in [0.5, 0.6) is 0 Å². The van der Waals surface area contributed by atoms with E-state index in [1.165, 1.54) is 12.1 Å². The minimum absolute atomic E-state index is 0. The van der Waals surface area contributed by atoms with Gasteiger partial charge in [0.15, 0.2) is 6.10 Å². The summed E-state index contributed by atoms with van der Waals surface area (Å²) in [5, 5.41) is 8.95. The Morgan fingerprint density at radius 3 is 2.31 bits per heavy atom. The van der Waals surface area contributed by atoms with Crippen molar-refractivity contribution >= 4 is 12.4 Å². The summed E-state index contributed by atoms with van der Waals surface area (Å²) in [4.78, 5) is 0. The first-order valence-electron chi connectivity index (χ1n) is 4.39. The molecule has 0 saturated carbocycles. The van der Waals surface area contributed by atoms with Gasteiger partial charge in [0.2, 0.25) is 0 Å². The van der Waals surface area contributed by atoms with Gasteiger partial charge >= 0.3 is 6.18 Å². The lowest BCUT2D eigenvalue weighted by molar-refractivity contribution is -0.210. The van der Waals surface area contributed by atoms with E-state index >= 15 is 0 Å². The van der Waals surface area contributed by atoms with Crippen LogP contribution in [0.2, 0.25) is 0 Å². The van der Waals surface area contributed by atoms with Crippen LogP contribution in [0.15, 0.2) is 24.3 Å². The predicted octanol–water partition coefficient (Wildman–Crippen LogP) is 2.34. The highest BCUT2D eigenvalue weighted by atomic mass is 35.5. The maximum absolute atomic E-state index is 12.2. The van der Waals surface area contributed by atoms with Gasteiger partial charge in [-0.05, 0) is 12.5 Å². The normalized spacial score (nSPS) is 15.1. The molecule has 3 N–H and O–H groups in total. The number of alkyl halides is 3. The van der Waals surface area contributed by atoms with Gasteiger partial charge in [-0.3, -0.25) is 0 Å². The van der Waals surface area contributed by atoms with E-state index in [0.29, 0.717) is 0 Å². The number of aryl methyl sites for hydroxylation is 1. The van der Waals surface area contributed by atoms with Crippen molar-refractivity contribution in [3.05, 3.63) is 35.4 Å². The van der Waals surface area contributed by atoms with Crippen LogP contribution < -0.4 is 5.73 Å². The number of hydrogen-bond acceptors (Lipinski definition) is 2. The molecule has 0 aliphatic rings. The Kier molecular flexibility index (Phi) is 5.25. The lowest BCUT2D eigenvalue weighted by Gasteiger charge is -2.21. The number of benzene rings is 1. The van der Waals surface area contributed by atoms with Crippen LogP contribution in [0.1, 0.15) is 17.2 Å². The van der Waals surface area contributed by atoms with Crippen LogP contribution in [0.3, 0.4) is 0 Å². The SMILES string of the molecule is Cc1cccc([C@@H](N)[C@@H](O)C(F)(F)F)c1.Cl. The fourth-order valence-electron chi connectivity index (χ4n) is 1.26. The van der Waals surface area contributed by atoms with E-state index in [1.807, 2.05) is 0 Å². The molecule has 0 bridgehead atoms. The molecule has 0 radical (unpaired) electrons. The molecule has 92 valence electrons. The molecule has 0 heterocycles. The van der Waals surface area contributed by atoms with Crippen LogP contribution in [0.4, 0.5) is 13.2 Å². The number of rotatable bonds is 2. The van der Waals surface area contributed by atoms with Crippen molar-refractivity contribution in [2.75, 3.05) is 0 Å². The predicted molar refractivity (Wildman–Crippen MR) is 57.4 cm³/mol. The van der Waals surface area contributed by atoms with E-state index in [1.54, 1.807) is 19.1 Å². The molecule has 1 aromatic rings. The third-order valence-electron chi connectivity index (χ3n) is 2.10. The molecule has 0 aliphatic carbocycles. The maximum atomic E-state index is 12.2. The molecule has 2 nitrogen and oxygen atoms in total. The van der Waals surface area contributed by atoms with Crippen LogP contribution in [0, 0.1) is 6.92 Å². The van der Waals surface area contributed by atoms with Gasteiger partial charge in [-0.15, -0.1) is 12.4 Å². The van der Waals surface area contributed by atoms with Gasteiger partial charge in [0, 0.05) is 0 Å². The van der Waals surface area contributed by atoms with E-state index in [0.717, 1.165) is 5.56 Å². The van der Waals surface area contributed by atoms with Gasteiger partial charge in [-0.25, -0.2) is 0 Å². The third kappa shape index (κ3) is 3.66. The molecule has 1 rings (SSSR count). The van der Waals surface area contributed by atoms with E-state index in [9.17, 15) is 13.2 Å². The zero-order valence-corrected chi connectivity index (χ0v) is 9.35. The molecule has 0 fully saturated rings. The van der Waals surface area contributed by atoms with Gasteiger partial charge in [0.1, 0.15) is 0 Å².